The highest BCUT2D eigenvalue weighted by molar-refractivity contribution is 5.83. The van der Waals surface area contributed by atoms with Crippen LogP contribution in [0.4, 0.5) is 0 Å². The van der Waals surface area contributed by atoms with Crippen LogP contribution in [0.1, 0.15) is 81.8 Å². The van der Waals surface area contributed by atoms with Gasteiger partial charge in [-0.05, 0) is 37.5 Å². The SMILES string of the molecule is Oc1ccccc1C=NCCCCCCCCCCCC/C=C/c1ccccc1O. The number of aliphatic imine (C=N–C) groups is 1. The molecule has 30 heavy (non-hydrogen) atoms. The van der Waals surface area contributed by atoms with Crippen molar-refractivity contribution in [1.29, 1.82) is 0 Å². The average Bonchev–Trinajstić information content (AvgIpc) is 2.76. The van der Waals surface area contributed by atoms with Crippen molar-refractivity contribution in [1.82, 2.24) is 0 Å². The van der Waals surface area contributed by atoms with E-state index in [1.165, 1.54) is 57.8 Å². The maximum absolute atomic E-state index is 9.71. The van der Waals surface area contributed by atoms with E-state index in [9.17, 15) is 10.2 Å². The topological polar surface area (TPSA) is 52.8 Å². The zero-order chi connectivity index (χ0) is 21.3. The molecule has 0 aromatic heterocycles. The highest BCUT2D eigenvalue weighted by Crippen LogP contribution is 2.18. The molecule has 162 valence electrons. The minimum Gasteiger partial charge on any atom is -0.507 e. The van der Waals surface area contributed by atoms with E-state index in [2.05, 4.69) is 11.1 Å². The average molecular weight is 408 g/mol. The van der Waals surface area contributed by atoms with Gasteiger partial charge >= 0.3 is 0 Å². The molecule has 0 spiro atoms. The molecule has 0 aliphatic rings. The molecule has 0 radical (unpaired) electrons. The van der Waals surface area contributed by atoms with Crippen molar-refractivity contribution in [3.05, 3.63) is 65.7 Å². The Balaban J connectivity index is 1.35. The van der Waals surface area contributed by atoms with Crippen LogP contribution in [0.2, 0.25) is 0 Å². The van der Waals surface area contributed by atoms with E-state index in [1.807, 2.05) is 42.5 Å². The van der Waals surface area contributed by atoms with Gasteiger partial charge in [-0.15, -0.1) is 0 Å². The van der Waals surface area contributed by atoms with Gasteiger partial charge in [-0.25, -0.2) is 0 Å². The van der Waals surface area contributed by atoms with Crippen LogP contribution in [0.25, 0.3) is 6.08 Å². The molecule has 3 nitrogen and oxygen atoms in total. The lowest BCUT2D eigenvalue weighted by Crippen LogP contribution is -1.87. The number of para-hydroxylation sites is 2. The Morgan fingerprint density at radius 2 is 1.10 bits per heavy atom. The molecule has 0 heterocycles. The number of phenols is 2. The second kappa shape index (κ2) is 15.3. The van der Waals surface area contributed by atoms with Crippen molar-refractivity contribution >= 4 is 12.3 Å². The van der Waals surface area contributed by atoms with Crippen LogP contribution < -0.4 is 0 Å². The largest absolute Gasteiger partial charge is 0.507 e. The first-order valence-electron chi connectivity index (χ1n) is 11.5. The van der Waals surface area contributed by atoms with Gasteiger partial charge in [0.1, 0.15) is 11.5 Å². The minimum absolute atomic E-state index is 0.296. The van der Waals surface area contributed by atoms with Crippen molar-refractivity contribution < 1.29 is 10.2 Å². The molecular weight excluding hydrogens is 370 g/mol. The molecule has 0 saturated heterocycles. The molecule has 2 N–H and O–H groups in total. The van der Waals surface area contributed by atoms with Crippen molar-refractivity contribution in [2.24, 2.45) is 4.99 Å². The number of hydrogen-bond acceptors (Lipinski definition) is 3. The van der Waals surface area contributed by atoms with E-state index in [1.54, 1.807) is 18.3 Å². The summed E-state index contributed by atoms with van der Waals surface area (Å²) in [5, 5.41) is 19.4. The summed E-state index contributed by atoms with van der Waals surface area (Å²) in [6, 6.07) is 14.8. The number of rotatable bonds is 15. The minimum atomic E-state index is 0.296. The number of allylic oxidation sites excluding steroid dienone is 1. The summed E-state index contributed by atoms with van der Waals surface area (Å²) in [4.78, 5) is 4.41. The van der Waals surface area contributed by atoms with Gasteiger partial charge in [0.2, 0.25) is 0 Å². The summed E-state index contributed by atoms with van der Waals surface area (Å²) in [5.74, 6) is 0.652. The maximum Gasteiger partial charge on any atom is 0.124 e. The van der Waals surface area contributed by atoms with Crippen LogP contribution in [-0.4, -0.2) is 23.0 Å². The van der Waals surface area contributed by atoms with Gasteiger partial charge in [-0.1, -0.05) is 93.9 Å². The molecule has 0 amide bonds. The van der Waals surface area contributed by atoms with Gasteiger partial charge in [0.15, 0.2) is 0 Å². The van der Waals surface area contributed by atoms with E-state index >= 15 is 0 Å². The van der Waals surface area contributed by atoms with E-state index < -0.39 is 0 Å². The molecule has 0 unspecified atom stereocenters. The van der Waals surface area contributed by atoms with Gasteiger partial charge in [0, 0.05) is 23.9 Å². The standard InChI is InChI=1S/C27H37NO2/c29-26-20-14-12-18-24(26)17-11-9-7-5-3-1-2-4-6-8-10-16-22-28-23-25-19-13-15-21-27(25)30/h11-15,17-21,23,29-30H,1-10,16,22H2/b17-11+,28-23?. The van der Waals surface area contributed by atoms with Gasteiger partial charge < -0.3 is 10.2 Å². The highest BCUT2D eigenvalue weighted by Gasteiger charge is 1.96. The molecule has 0 saturated carbocycles. The maximum atomic E-state index is 9.71. The Kier molecular flexibility index (Phi) is 12.1. The van der Waals surface area contributed by atoms with Gasteiger partial charge in [-0.2, -0.15) is 0 Å². The third-order valence-corrected chi connectivity index (χ3v) is 5.31. The third-order valence-electron chi connectivity index (χ3n) is 5.31. The van der Waals surface area contributed by atoms with Gasteiger partial charge in [0.25, 0.3) is 0 Å². The fourth-order valence-corrected chi connectivity index (χ4v) is 3.48. The van der Waals surface area contributed by atoms with Crippen molar-refractivity contribution in [3.8, 4) is 11.5 Å². The highest BCUT2D eigenvalue weighted by atomic mass is 16.3. The molecule has 0 aliphatic heterocycles. The van der Waals surface area contributed by atoms with E-state index in [4.69, 9.17) is 0 Å². The zero-order valence-electron chi connectivity index (χ0n) is 18.2. The number of benzene rings is 2. The monoisotopic (exact) mass is 407 g/mol. The summed E-state index contributed by atoms with van der Waals surface area (Å²) >= 11 is 0. The smallest absolute Gasteiger partial charge is 0.124 e. The van der Waals surface area contributed by atoms with Crippen LogP contribution >= 0.6 is 0 Å². The van der Waals surface area contributed by atoms with Crippen molar-refractivity contribution in [2.75, 3.05) is 6.54 Å². The van der Waals surface area contributed by atoms with Crippen LogP contribution in [0.3, 0.4) is 0 Å². The summed E-state index contributed by atoms with van der Waals surface area (Å²) in [6.07, 6.45) is 19.9. The van der Waals surface area contributed by atoms with Crippen molar-refractivity contribution in [2.45, 2.75) is 70.6 Å². The lowest BCUT2D eigenvalue weighted by molar-refractivity contribution is 0.473. The molecule has 3 heteroatoms. The second-order valence-corrected chi connectivity index (χ2v) is 7.88. The summed E-state index contributed by atoms with van der Waals surface area (Å²) in [6.45, 7) is 0.840. The number of nitrogens with zero attached hydrogens (tertiary/aromatic N) is 1. The summed E-state index contributed by atoms with van der Waals surface area (Å²) in [7, 11) is 0. The van der Waals surface area contributed by atoms with Gasteiger partial charge in [-0.3, -0.25) is 4.99 Å². The Morgan fingerprint density at radius 3 is 1.70 bits per heavy atom. The Hall–Kier alpha value is -2.55. The molecule has 2 rings (SSSR count). The van der Waals surface area contributed by atoms with Crippen LogP contribution in [0.5, 0.6) is 11.5 Å². The lowest BCUT2D eigenvalue weighted by Gasteiger charge is -2.02. The number of hydrogen-bond donors (Lipinski definition) is 2. The van der Waals surface area contributed by atoms with Crippen LogP contribution in [0, 0.1) is 0 Å². The second-order valence-electron chi connectivity index (χ2n) is 7.88. The zero-order valence-corrected chi connectivity index (χ0v) is 18.2. The van der Waals surface area contributed by atoms with E-state index in [-0.39, 0.29) is 0 Å². The molecule has 0 fully saturated rings. The van der Waals surface area contributed by atoms with Gasteiger partial charge in [0.05, 0.1) is 0 Å². The van der Waals surface area contributed by atoms with Crippen molar-refractivity contribution in [3.63, 3.8) is 0 Å². The molecular formula is C27H37NO2. The van der Waals surface area contributed by atoms with Crippen LogP contribution in [0.15, 0.2) is 59.6 Å². The fourth-order valence-electron chi connectivity index (χ4n) is 3.48. The quantitative estimate of drug-likeness (QED) is 0.237. The molecule has 2 aromatic rings. The fraction of sp³-hybridized carbons (Fsp3) is 0.444. The third kappa shape index (κ3) is 10.3. The Morgan fingerprint density at radius 1 is 0.600 bits per heavy atom. The normalized spacial score (nSPS) is 11.6. The molecule has 0 bridgehead atoms. The first-order valence-corrected chi connectivity index (χ1v) is 11.5. The number of phenolic OH excluding ortho intramolecular Hbond substituents is 2. The predicted molar refractivity (Wildman–Crippen MR) is 128 cm³/mol. The summed E-state index contributed by atoms with van der Waals surface area (Å²) < 4.78 is 0. The summed E-state index contributed by atoms with van der Waals surface area (Å²) in [5.41, 5.74) is 1.70. The molecule has 0 atom stereocenters. The Bertz CT molecular complexity index is 701. The molecule has 0 aliphatic carbocycles. The Labute approximate surface area is 182 Å². The van der Waals surface area contributed by atoms with E-state index in [0.717, 1.165) is 30.5 Å². The van der Waals surface area contributed by atoms with Crippen LogP contribution in [-0.2, 0) is 0 Å². The first-order chi connectivity index (χ1) is 14.8. The lowest BCUT2D eigenvalue weighted by atomic mass is 10.1. The van der Waals surface area contributed by atoms with E-state index in [0.29, 0.717) is 11.5 Å². The number of unbranched alkanes of at least 4 members (excludes halogenated alkanes) is 10. The predicted octanol–water partition coefficient (Wildman–Crippen LogP) is 7.52. The number of aromatic hydroxyl groups is 2. The first kappa shape index (κ1) is 23.7. The molecule has 2 aromatic carbocycles.